The fourth-order valence-electron chi connectivity index (χ4n) is 2.04. The molecule has 0 radical (unpaired) electrons. The van der Waals surface area contributed by atoms with E-state index >= 15 is 0 Å². The lowest BCUT2D eigenvalue weighted by molar-refractivity contribution is 0.0989. The van der Waals surface area contributed by atoms with Gasteiger partial charge in [0.2, 0.25) is 0 Å². The highest BCUT2D eigenvalue weighted by Crippen LogP contribution is 2.25. The van der Waals surface area contributed by atoms with Gasteiger partial charge in [0.1, 0.15) is 16.5 Å². The summed E-state index contributed by atoms with van der Waals surface area (Å²) in [6.07, 6.45) is 0. The minimum atomic E-state index is -0.291. The van der Waals surface area contributed by atoms with E-state index in [0.717, 1.165) is 11.3 Å². The van der Waals surface area contributed by atoms with Gasteiger partial charge in [-0.2, -0.15) is 0 Å². The van der Waals surface area contributed by atoms with E-state index in [-0.39, 0.29) is 11.7 Å². The molecule has 0 bridgehead atoms. The highest BCUT2D eigenvalue weighted by Gasteiger charge is 2.17. The van der Waals surface area contributed by atoms with Gasteiger partial charge in [0, 0.05) is 23.7 Å². The first-order chi connectivity index (χ1) is 10.6. The van der Waals surface area contributed by atoms with Crippen LogP contribution >= 0.6 is 11.3 Å². The first-order valence-corrected chi connectivity index (χ1v) is 7.57. The van der Waals surface area contributed by atoms with E-state index in [1.807, 2.05) is 30.3 Å². The summed E-state index contributed by atoms with van der Waals surface area (Å²) in [7, 11) is 1.72. The van der Waals surface area contributed by atoms with Crippen molar-refractivity contribution >= 4 is 22.9 Å². The van der Waals surface area contributed by atoms with Crippen molar-refractivity contribution in [3.8, 4) is 10.6 Å². The Morgan fingerprint density at radius 1 is 1.09 bits per heavy atom. The van der Waals surface area contributed by atoms with Crippen LogP contribution in [0.25, 0.3) is 10.6 Å². The topological polar surface area (TPSA) is 33.2 Å². The number of hydrogen-bond acceptors (Lipinski definition) is 3. The average Bonchev–Trinajstić information content (AvgIpc) is 3.05. The number of hydrogen-bond donors (Lipinski definition) is 0. The van der Waals surface area contributed by atoms with Gasteiger partial charge in [0.15, 0.2) is 0 Å². The number of carbonyl (C=O) groups excluding carboxylic acids is 1. The lowest BCUT2D eigenvalue weighted by atomic mass is 10.2. The molecule has 5 heteroatoms. The summed E-state index contributed by atoms with van der Waals surface area (Å²) in [6.45, 7) is 0. The molecular formula is C17H13FN2OS. The Morgan fingerprint density at radius 3 is 2.45 bits per heavy atom. The van der Waals surface area contributed by atoms with Gasteiger partial charge in [-0.15, -0.1) is 11.3 Å². The molecule has 0 spiro atoms. The molecule has 1 aromatic heterocycles. The standard InChI is InChI=1S/C17H13FN2OS/c1-20(14-5-3-2-4-6-14)17(21)15-11-22-16(19-15)12-7-9-13(18)10-8-12/h2-11H,1H3. The molecule has 0 aliphatic heterocycles. The first-order valence-electron chi connectivity index (χ1n) is 6.70. The second-order valence-electron chi connectivity index (χ2n) is 4.74. The van der Waals surface area contributed by atoms with E-state index in [1.165, 1.54) is 23.5 Å². The molecule has 22 heavy (non-hydrogen) atoms. The van der Waals surface area contributed by atoms with E-state index in [9.17, 15) is 9.18 Å². The Balaban J connectivity index is 1.84. The lowest BCUT2D eigenvalue weighted by Crippen LogP contribution is -2.26. The molecule has 0 saturated carbocycles. The molecular weight excluding hydrogens is 299 g/mol. The summed E-state index contributed by atoms with van der Waals surface area (Å²) in [5.74, 6) is -0.462. The average molecular weight is 312 g/mol. The number of nitrogens with zero attached hydrogens (tertiary/aromatic N) is 2. The third-order valence-electron chi connectivity index (χ3n) is 3.26. The number of amides is 1. The van der Waals surface area contributed by atoms with E-state index in [2.05, 4.69) is 4.98 Å². The number of rotatable bonds is 3. The minimum absolute atomic E-state index is 0.171. The molecule has 0 saturated heterocycles. The number of carbonyl (C=O) groups is 1. The number of para-hydroxylation sites is 1. The highest BCUT2D eigenvalue weighted by molar-refractivity contribution is 7.13. The Labute approximate surface area is 131 Å². The fraction of sp³-hybridized carbons (Fsp3) is 0.0588. The molecule has 2 aromatic carbocycles. The Kier molecular flexibility index (Phi) is 3.98. The summed E-state index contributed by atoms with van der Waals surface area (Å²) >= 11 is 1.37. The molecule has 110 valence electrons. The molecule has 0 unspecified atom stereocenters. The van der Waals surface area contributed by atoms with Gasteiger partial charge in [0.25, 0.3) is 5.91 Å². The summed E-state index contributed by atoms with van der Waals surface area (Å²) in [4.78, 5) is 18.4. The Hall–Kier alpha value is -2.53. The first kappa shape index (κ1) is 14.4. The van der Waals surface area contributed by atoms with Gasteiger partial charge in [-0.3, -0.25) is 4.79 Å². The molecule has 0 aliphatic rings. The van der Waals surface area contributed by atoms with Crippen LogP contribution in [0.1, 0.15) is 10.5 Å². The van der Waals surface area contributed by atoms with Crippen LogP contribution in [0.15, 0.2) is 60.0 Å². The second kappa shape index (κ2) is 6.07. The van der Waals surface area contributed by atoms with Crippen molar-refractivity contribution in [2.75, 3.05) is 11.9 Å². The van der Waals surface area contributed by atoms with Crippen LogP contribution in [-0.2, 0) is 0 Å². The van der Waals surface area contributed by atoms with Crippen molar-refractivity contribution in [2.45, 2.75) is 0 Å². The third-order valence-corrected chi connectivity index (χ3v) is 4.15. The van der Waals surface area contributed by atoms with Gasteiger partial charge in [-0.25, -0.2) is 9.37 Å². The van der Waals surface area contributed by atoms with Crippen molar-refractivity contribution in [3.05, 3.63) is 71.5 Å². The van der Waals surface area contributed by atoms with Crippen molar-refractivity contribution in [3.63, 3.8) is 0 Å². The minimum Gasteiger partial charge on any atom is -0.310 e. The summed E-state index contributed by atoms with van der Waals surface area (Å²) in [5, 5.41) is 2.42. The van der Waals surface area contributed by atoms with Crippen LogP contribution in [0.2, 0.25) is 0 Å². The molecule has 1 amide bonds. The molecule has 3 rings (SSSR count). The summed E-state index contributed by atoms with van der Waals surface area (Å²) in [6, 6.07) is 15.5. The van der Waals surface area contributed by atoms with E-state index < -0.39 is 0 Å². The fourth-order valence-corrected chi connectivity index (χ4v) is 2.84. The number of halogens is 1. The zero-order valence-corrected chi connectivity index (χ0v) is 12.7. The lowest BCUT2D eigenvalue weighted by Gasteiger charge is -2.15. The number of benzene rings is 2. The van der Waals surface area contributed by atoms with Crippen molar-refractivity contribution < 1.29 is 9.18 Å². The van der Waals surface area contributed by atoms with E-state index in [4.69, 9.17) is 0 Å². The summed E-state index contributed by atoms with van der Waals surface area (Å²) in [5.41, 5.74) is 1.99. The maximum Gasteiger partial charge on any atom is 0.277 e. The maximum atomic E-state index is 13.0. The van der Waals surface area contributed by atoms with Crippen LogP contribution in [0.3, 0.4) is 0 Å². The van der Waals surface area contributed by atoms with Crippen LogP contribution in [0.4, 0.5) is 10.1 Å². The van der Waals surface area contributed by atoms with Gasteiger partial charge < -0.3 is 4.90 Å². The zero-order chi connectivity index (χ0) is 15.5. The van der Waals surface area contributed by atoms with Gasteiger partial charge in [-0.05, 0) is 36.4 Å². The third kappa shape index (κ3) is 2.89. The molecule has 0 fully saturated rings. The number of aromatic nitrogens is 1. The van der Waals surface area contributed by atoms with Crippen LogP contribution < -0.4 is 4.90 Å². The summed E-state index contributed by atoms with van der Waals surface area (Å²) < 4.78 is 13.0. The molecule has 0 N–H and O–H groups in total. The second-order valence-corrected chi connectivity index (χ2v) is 5.60. The number of anilines is 1. The van der Waals surface area contributed by atoms with E-state index in [0.29, 0.717) is 10.7 Å². The van der Waals surface area contributed by atoms with Crippen molar-refractivity contribution in [2.24, 2.45) is 0 Å². The SMILES string of the molecule is CN(C(=O)c1csc(-c2ccc(F)cc2)n1)c1ccccc1. The quantitative estimate of drug-likeness (QED) is 0.725. The molecule has 3 aromatic rings. The predicted molar refractivity (Wildman–Crippen MR) is 86.7 cm³/mol. The normalized spacial score (nSPS) is 10.5. The van der Waals surface area contributed by atoms with Crippen molar-refractivity contribution in [1.29, 1.82) is 0 Å². The van der Waals surface area contributed by atoms with Crippen LogP contribution in [0.5, 0.6) is 0 Å². The maximum absolute atomic E-state index is 13.0. The Bertz CT molecular complexity index is 784. The molecule has 0 atom stereocenters. The Morgan fingerprint density at radius 2 is 1.77 bits per heavy atom. The van der Waals surface area contributed by atoms with Gasteiger partial charge in [-0.1, -0.05) is 18.2 Å². The van der Waals surface area contributed by atoms with E-state index in [1.54, 1.807) is 29.5 Å². The molecule has 1 heterocycles. The van der Waals surface area contributed by atoms with Crippen LogP contribution in [-0.4, -0.2) is 17.9 Å². The highest BCUT2D eigenvalue weighted by atomic mass is 32.1. The van der Waals surface area contributed by atoms with Crippen molar-refractivity contribution in [1.82, 2.24) is 4.98 Å². The monoisotopic (exact) mass is 312 g/mol. The largest absolute Gasteiger partial charge is 0.310 e. The van der Waals surface area contributed by atoms with Crippen LogP contribution in [0, 0.1) is 5.82 Å². The number of thiazole rings is 1. The van der Waals surface area contributed by atoms with Gasteiger partial charge >= 0.3 is 0 Å². The molecule has 0 aliphatic carbocycles. The molecule has 3 nitrogen and oxygen atoms in total. The van der Waals surface area contributed by atoms with Gasteiger partial charge in [0.05, 0.1) is 0 Å². The predicted octanol–water partition coefficient (Wildman–Crippen LogP) is 4.23. The zero-order valence-electron chi connectivity index (χ0n) is 11.9. The smallest absolute Gasteiger partial charge is 0.277 e.